The number of nitrogens with one attached hydrogen (secondary N) is 1. The topological polar surface area (TPSA) is 52.7 Å². The maximum atomic E-state index is 12.6. The summed E-state index contributed by atoms with van der Waals surface area (Å²) >= 11 is 0. The molecule has 2 aromatic carbocycles. The molecule has 0 bridgehead atoms. The van der Waals surface area contributed by atoms with Crippen LogP contribution in [0.25, 0.3) is 0 Å². The number of carbonyl (C=O) groups excluding carboxylic acids is 2. The number of anilines is 2. The Bertz CT molecular complexity index is 778. The summed E-state index contributed by atoms with van der Waals surface area (Å²) in [6.45, 7) is 4.29. The van der Waals surface area contributed by atoms with Crippen LogP contribution >= 0.6 is 0 Å². The van der Waals surface area contributed by atoms with Crippen LogP contribution in [0.4, 0.5) is 11.4 Å². The van der Waals surface area contributed by atoms with Gasteiger partial charge in [-0.3, -0.25) is 9.59 Å². The first-order chi connectivity index (χ1) is 13.0. The second-order valence-electron chi connectivity index (χ2n) is 7.13. The van der Waals surface area contributed by atoms with Crippen LogP contribution in [0.5, 0.6) is 0 Å². The number of hydrogen-bond acceptors (Lipinski definition) is 3. The summed E-state index contributed by atoms with van der Waals surface area (Å²) in [5.74, 6) is -0.163. The maximum Gasteiger partial charge on any atom is 0.253 e. The van der Waals surface area contributed by atoms with Crippen molar-refractivity contribution in [2.24, 2.45) is 0 Å². The lowest BCUT2D eigenvalue weighted by Crippen LogP contribution is -2.29. The summed E-state index contributed by atoms with van der Waals surface area (Å²) in [5, 5.41) is 2.70. The molecule has 0 spiro atoms. The van der Waals surface area contributed by atoms with Gasteiger partial charge in [-0.1, -0.05) is 12.1 Å². The molecule has 0 saturated carbocycles. The molecule has 0 aromatic heterocycles. The summed E-state index contributed by atoms with van der Waals surface area (Å²) in [6, 6.07) is 15.5. The minimum absolute atomic E-state index is 0.0375. The minimum Gasteiger partial charge on any atom is -0.372 e. The van der Waals surface area contributed by atoms with Crippen molar-refractivity contribution >= 4 is 23.2 Å². The fourth-order valence-corrected chi connectivity index (χ4v) is 3.43. The van der Waals surface area contributed by atoms with E-state index in [1.165, 1.54) is 31.9 Å². The molecule has 0 atom stereocenters. The molecule has 142 valence electrons. The summed E-state index contributed by atoms with van der Waals surface area (Å²) in [7, 11) is 1.81. The number of nitrogens with zero attached hydrogens (tertiary/aromatic N) is 2. The number of carbonyl (C=O) groups is 2. The van der Waals surface area contributed by atoms with Gasteiger partial charge in [-0.15, -0.1) is 0 Å². The molecule has 1 aliphatic rings. The Balaban J connectivity index is 1.59. The summed E-state index contributed by atoms with van der Waals surface area (Å²) in [4.78, 5) is 27.8. The van der Waals surface area contributed by atoms with E-state index < -0.39 is 0 Å². The van der Waals surface area contributed by atoms with E-state index >= 15 is 0 Å². The number of amides is 2. The van der Waals surface area contributed by atoms with E-state index in [-0.39, 0.29) is 11.8 Å². The van der Waals surface area contributed by atoms with Crippen LogP contribution in [0.1, 0.15) is 42.1 Å². The second-order valence-corrected chi connectivity index (χ2v) is 7.13. The largest absolute Gasteiger partial charge is 0.372 e. The number of piperidine rings is 1. The predicted molar refractivity (Wildman–Crippen MR) is 109 cm³/mol. The monoisotopic (exact) mass is 365 g/mol. The third-order valence-corrected chi connectivity index (χ3v) is 4.88. The predicted octanol–water partition coefficient (Wildman–Crippen LogP) is 3.91. The molecule has 1 saturated heterocycles. The van der Waals surface area contributed by atoms with Crippen LogP contribution in [0, 0.1) is 0 Å². The van der Waals surface area contributed by atoms with E-state index in [9.17, 15) is 9.59 Å². The van der Waals surface area contributed by atoms with Crippen molar-refractivity contribution in [2.45, 2.75) is 32.7 Å². The van der Waals surface area contributed by atoms with Crippen molar-refractivity contribution in [3.63, 3.8) is 0 Å². The normalized spacial score (nSPS) is 13.9. The Morgan fingerprint density at radius 3 is 2.19 bits per heavy atom. The van der Waals surface area contributed by atoms with E-state index in [4.69, 9.17) is 0 Å². The molecule has 5 heteroatoms. The number of rotatable bonds is 5. The van der Waals surface area contributed by atoms with Crippen LogP contribution in [0.15, 0.2) is 48.5 Å². The zero-order valence-corrected chi connectivity index (χ0v) is 16.1. The molecule has 1 fully saturated rings. The molecule has 0 radical (unpaired) electrons. The SMILES string of the molecule is CC(=O)Nc1ccc(C(=O)N(C)Cc2ccc(N3CCCCC3)cc2)cc1. The summed E-state index contributed by atoms with van der Waals surface area (Å²) < 4.78 is 0. The number of benzene rings is 2. The van der Waals surface area contributed by atoms with Crippen LogP contribution in [0.2, 0.25) is 0 Å². The van der Waals surface area contributed by atoms with Gasteiger partial charge in [-0.25, -0.2) is 0 Å². The lowest BCUT2D eigenvalue weighted by molar-refractivity contribution is -0.114. The summed E-state index contributed by atoms with van der Waals surface area (Å²) in [5.41, 5.74) is 3.68. The van der Waals surface area contributed by atoms with Gasteiger partial charge in [0.1, 0.15) is 0 Å². The molecule has 0 unspecified atom stereocenters. The Labute approximate surface area is 161 Å². The first-order valence-electron chi connectivity index (χ1n) is 9.50. The van der Waals surface area contributed by atoms with E-state index in [1.807, 2.05) is 7.05 Å². The third kappa shape index (κ3) is 5.09. The van der Waals surface area contributed by atoms with Crippen LogP contribution in [0.3, 0.4) is 0 Å². The number of hydrogen-bond donors (Lipinski definition) is 1. The molecule has 1 N–H and O–H groups in total. The van der Waals surface area contributed by atoms with Crippen molar-refractivity contribution in [1.29, 1.82) is 0 Å². The molecule has 27 heavy (non-hydrogen) atoms. The lowest BCUT2D eigenvalue weighted by atomic mass is 10.1. The van der Waals surface area contributed by atoms with Crippen LogP contribution in [-0.4, -0.2) is 36.9 Å². The van der Waals surface area contributed by atoms with Gasteiger partial charge in [0.05, 0.1) is 0 Å². The highest BCUT2D eigenvalue weighted by molar-refractivity contribution is 5.95. The van der Waals surface area contributed by atoms with E-state index in [0.29, 0.717) is 17.8 Å². The van der Waals surface area contributed by atoms with Gasteiger partial charge < -0.3 is 15.1 Å². The van der Waals surface area contributed by atoms with Crippen molar-refractivity contribution in [3.05, 3.63) is 59.7 Å². The van der Waals surface area contributed by atoms with Gasteiger partial charge >= 0.3 is 0 Å². The van der Waals surface area contributed by atoms with Crippen LogP contribution in [-0.2, 0) is 11.3 Å². The van der Waals surface area contributed by atoms with Crippen molar-refractivity contribution in [1.82, 2.24) is 4.90 Å². The molecule has 1 heterocycles. The van der Waals surface area contributed by atoms with Gasteiger partial charge in [-0.2, -0.15) is 0 Å². The fraction of sp³-hybridized carbons (Fsp3) is 0.364. The van der Waals surface area contributed by atoms with Gasteiger partial charge in [0.25, 0.3) is 5.91 Å². The smallest absolute Gasteiger partial charge is 0.253 e. The minimum atomic E-state index is -0.126. The average molecular weight is 365 g/mol. The molecular weight excluding hydrogens is 338 g/mol. The Hall–Kier alpha value is -2.82. The van der Waals surface area contributed by atoms with Crippen molar-refractivity contribution in [2.75, 3.05) is 30.4 Å². The van der Waals surface area contributed by atoms with Gasteiger partial charge in [0.2, 0.25) is 5.91 Å². The maximum absolute atomic E-state index is 12.6. The van der Waals surface area contributed by atoms with Crippen molar-refractivity contribution < 1.29 is 9.59 Å². The molecule has 2 aromatic rings. The molecule has 2 amide bonds. The second kappa shape index (κ2) is 8.71. The first-order valence-corrected chi connectivity index (χ1v) is 9.50. The highest BCUT2D eigenvalue weighted by Gasteiger charge is 2.14. The van der Waals surface area contributed by atoms with Gasteiger partial charge in [-0.05, 0) is 61.2 Å². The quantitative estimate of drug-likeness (QED) is 0.874. The fourth-order valence-electron chi connectivity index (χ4n) is 3.43. The van der Waals surface area contributed by atoms with E-state index in [2.05, 4.69) is 34.5 Å². The van der Waals surface area contributed by atoms with E-state index in [1.54, 1.807) is 29.2 Å². The van der Waals surface area contributed by atoms with Gasteiger partial charge in [0.15, 0.2) is 0 Å². The third-order valence-electron chi connectivity index (χ3n) is 4.88. The summed E-state index contributed by atoms with van der Waals surface area (Å²) in [6.07, 6.45) is 3.85. The van der Waals surface area contributed by atoms with E-state index in [0.717, 1.165) is 18.7 Å². The molecule has 1 aliphatic heterocycles. The molecule has 3 rings (SSSR count). The van der Waals surface area contributed by atoms with Gasteiger partial charge in [0, 0.05) is 50.5 Å². The molecular formula is C22H27N3O2. The Kier molecular flexibility index (Phi) is 6.12. The zero-order valence-electron chi connectivity index (χ0n) is 16.1. The molecule has 5 nitrogen and oxygen atoms in total. The van der Waals surface area contributed by atoms with Crippen LogP contribution < -0.4 is 10.2 Å². The first kappa shape index (κ1) is 19.0. The lowest BCUT2D eigenvalue weighted by Gasteiger charge is -2.29. The zero-order chi connectivity index (χ0) is 19.2. The Morgan fingerprint density at radius 2 is 1.59 bits per heavy atom. The highest BCUT2D eigenvalue weighted by atomic mass is 16.2. The highest BCUT2D eigenvalue weighted by Crippen LogP contribution is 2.21. The molecule has 0 aliphatic carbocycles. The average Bonchev–Trinajstić information content (AvgIpc) is 2.69. The standard InChI is InChI=1S/C22H27N3O2/c1-17(26)23-20-10-8-19(9-11-20)22(27)24(2)16-18-6-12-21(13-7-18)25-14-4-3-5-15-25/h6-13H,3-5,14-16H2,1-2H3,(H,23,26). The Morgan fingerprint density at radius 1 is 0.963 bits per heavy atom. The van der Waals surface area contributed by atoms with Crippen molar-refractivity contribution in [3.8, 4) is 0 Å².